The summed E-state index contributed by atoms with van der Waals surface area (Å²) in [5, 5.41) is 11.6. The predicted octanol–water partition coefficient (Wildman–Crippen LogP) is 5.45. The predicted molar refractivity (Wildman–Crippen MR) is 119 cm³/mol. The van der Waals surface area contributed by atoms with Gasteiger partial charge in [0.2, 0.25) is 5.91 Å². The number of unbranched alkanes of at least 4 members (excludes halogenated alkanes) is 1. The summed E-state index contributed by atoms with van der Waals surface area (Å²) in [5.41, 5.74) is 1.48. The third-order valence-corrected chi connectivity index (χ3v) is 6.50. The highest BCUT2D eigenvalue weighted by Gasteiger charge is 2.35. The Balaban J connectivity index is 1.43. The lowest BCUT2D eigenvalue weighted by atomic mass is 9.88. The Kier molecular flexibility index (Phi) is 8.90. The van der Waals surface area contributed by atoms with Gasteiger partial charge in [-0.3, -0.25) is 9.69 Å². The van der Waals surface area contributed by atoms with Crippen LogP contribution in [0.4, 0.5) is 17.6 Å². The highest BCUT2D eigenvalue weighted by atomic mass is 19.4. The maximum atomic E-state index is 14.3. The number of carbonyl (C=O) groups is 1. The summed E-state index contributed by atoms with van der Waals surface area (Å²) in [6, 6.07) is 2.19. The maximum absolute atomic E-state index is 14.3. The minimum Gasteiger partial charge on any atom is -0.353 e. The quantitative estimate of drug-likeness (QED) is 0.294. The van der Waals surface area contributed by atoms with E-state index in [4.69, 9.17) is 5.26 Å². The molecule has 2 unspecified atom stereocenters. The third kappa shape index (κ3) is 7.56. The number of nitrogens with one attached hydrogen (secondary N) is 1. The van der Waals surface area contributed by atoms with Crippen molar-refractivity contribution >= 4 is 5.91 Å². The van der Waals surface area contributed by atoms with Crippen molar-refractivity contribution in [3.05, 3.63) is 46.6 Å². The molecule has 8 heteroatoms. The average Bonchev–Trinajstić information content (AvgIpc) is 2.79. The van der Waals surface area contributed by atoms with E-state index in [1.54, 1.807) is 0 Å². The average molecular weight is 466 g/mol. The zero-order valence-electron chi connectivity index (χ0n) is 18.8. The molecule has 0 saturated carbocycles. The van der Waals surface area contributed by atoms with Crippen LogP contribution < -0.4 is 5.32 Å². The van der Waals surface area contributed by atoms with E-state index in [0.29, 0.717) is 44.3 Å². The maximum Gasteiger partial charge on any atom is 0.416 e. The van der Waals surface area contributed by atoms with Gasteiger partial charge in [0.05, 0.1) is 11.6 Å². The number of nitriles is 1. The number of allylic oxidation sites excluding steroid dienone is 4. The first-order valence-electron chi connectivity index (χ1n) is 11.6. The van der Waals surface area contributed by atoms with E-state index in [1.165, 1.54) is 5.57 Å². The van der Waals surface area contributed by atoms with Crippen molar-refractivity contribution in [2.75, 3.05) is 19.6 Å². The van der Waals surface area contributed by atoms with Crippen molar-refractivity contribution in [3.8, 4) is 6.07 Å². The smallest absolute Gasteiger partial charge is 0.353 e. The summed E-state index contributed by atoms with van der Waals surface area (Å²) in [7, 11) is 0. The third-order valence-electron chi connectivity index (χ3n) is 6.50. The molecule has 2 aliphatic carbocycles. The van der Waals surface area contributed by atoms with Crippen LogP contribution in [0, 0.1) is 11.3 Å². The minimum atomic E-state index is -4.44. The van der Waals surface area contributed by atoms with Crippen LogP contribution in [0.5, 0.6) is 0 Å². The van der Waals surface area contributed by atoms with Gasteiger partial charge in [0, 0.05) is 44.9 Å². The second-order valence-electron chi connectivity index (χ2n) is 8.90. The molecule has 0 spiro atoms. The standard InChI is InChI=1S/C25H31F4N3O/c26-23-9-6-20(25(27,28)29)17-22(23)19-11-15-32(16-12-19)14-10-18-4-7-21(8-5-18)31-24(33)3-1-2-13-30/h4,6,11,17,21,23H,1-3,5,7-10,12,14-16H2,(H,31,33). The van der Waals surface area contributed by atoms with Gasteiger partial charge >= 0.3 is 6.18 Å². The first kappa shape index (κ1) is 25.2. The summed E-state index contributed by atoms with van der Waals surface area (Å²) in [6.07, 6.45) is 5.42. The van der Waals surface area contributed by atoms with Gasteiger partial charge in [-0.1, -0.05) is 23.8 Å². The van der Waals surface area contributed by atoms with Crippen molar-refractivity contribution in [1.82, 2.24) is 10.2 Å². The van der Waals surface area contributed by atoms with Gasteiger partial charge < -0.3 is 5.32 Å². The van der Waals surface area contributed by atoms with Crippen molar-refractivity contribution in [2.45, 2.75) is 76.2 Å². The van der Waals surface area contributed by atoms with Crippen LogP contribution in [0.25, 0.3) is 0 Å². The summed E-state index contributed by atoms with van der Waals surface area (Å²) >= 11 is 0. The molecule has 1 amide bonds. The number of hydrogen-bond acceptors (Lipinski definition) is 3. The zero-order valence-corrected chi connectivity index (χ0v) is 18.8. The van der Waals surface area contributed by atoms with Crippen molar-refractivity contribution in [1.29, 1.82) is 5.26 Å². The summed E-state index contributed by atoms with van der Waals surface area (Å²) in [4.78, 5) is 14.1. The van der Waals surface area contributed by atoms with Gasteiger partial charge in [0.25, 0.3) is 0 Å². The Morgan fingerprint density at radius 2 is 2.03 bits per heavy atom. The Bertz CT molecular complexity index is 879. The normalized spacial score (nSPS) is 24.2. The molecule has 0 aromatic heterocycles. The Hall–Kier alpha value is -2.40. The zero-order chi connectivity index (χ0) is 23.8. The first-order chi connectivity index (χ1) is 15.8. The molecule has 3 aliphatic rings. The molecular weight excluding hydrogens is 434 g/mol. The minimum absolute atomic E-state index is 0.00412. The molecule has 0 bridgehead atoms. The van der Waals surface area contributed by atoms with Crippen LogP contribution in [-0.2, 0) is 4.79 Å². The lowest BCUT2D eigenvalue weighted by molar-refractivity contribution is -0.121. The van der Waals surface area contributed by atoms with E-state index in [9.17, 15) is 22.4 Å². The van der Waals surface area contributed by atoms with Crippen LogP contribution in [0.2, 0.25) is 0 Å². The van der Waals surface area contributed by atoms with Gasteiger partial charge in [0.1, 0.15) is 6.17 Å². The van der Waals surface area contributed by atoms with Crippen molar-refractivity contribution in [2.24, 2.45) is 0 Å². The molecule has 33 heavy (non-hydrogen) atoms. The summed E-state index contributed by atoms with van der Waals surface area (Å²) in [6.45, 7) is 2.17. The Morgan fingerprint density at radius 1 is 1.21 bits per heavy atom. The van der Waals surface area contributed by atoms with E-state index in [0.717, 1.165) is 44.4 Å². The molecule has 1 aliphatic heterocycles. The highest BCUT2D eigenvalue weighted by molar-refractivity contribution is 5.76. The summed E-state index contributed by atoms with van der Waals surface area (Å²) in [5.74, 6) is 0.00412. The van der Waals surface area contributed by atoms with Gasteiger partial charge in [-0.15, -0.1) is 0 Å². The lowest BCUT2D eigenvalue weighted by Crippen LogP contribution is -2.36. The van der Waals surface area contributed by atoms with Crippen LogP contribution >= 0.6 is 0 Å². The molecule has 0 aromatic carbocycles. The molecule has 0 fully saturated rings. The summed E-state index contributed by atoms with van der Waals surface area (Å²) < 4.78 is 53.3. The largest absolute Gasteiger partial charge is 0.416 e. The van der Waals surface area contributed by atoms with Crippen LogP contribution in [-0.4, -0.2) is 48.8 Å². The number of carbonyl (C=O) groups excluding carboxylic acids is 1. The van der Waals surface area contributed by atoms with Gasteiger partial charge in [0.15, 0.2) is 0 Å². The number of rotatable bonds is 8. The Morgan fingerprint density at radius 3 is 2.67 bits per heavy atom. The second kappa shape index (κ2) is 11.6. The topological polar surface area (TPSA) is 56.1 Å². The van der Waals surface area contributed by atoms with E-state index >= 15 is 0 Å². The van der Waals surface area contributed by atoms with Crippen LogP contribution in [0.15, 0.2) is 46.6 Å². The van der Waals surface area contributed by atoms with Gasteiger partial charge in [-0.25, -0.2) is 4.39 Å². The first-order valence-corrected chi connectivity index (χ1v) is 11.6. The Labute approximate surface area is 192 Å². The lowest BCUT2D eigenvalue weighted by Gasteiger charge is -2.30. The van der Waals surface area contributed by atoms with E-state index in [-0.39, 0.29) is 23.9 Å². The van der Waals surface area contributed by atoms with E-state index < -0.39 is 17.9 Å². The number of nitrogens with zero attached hydrogens (tertiary/aromatic N) is 2. The molecule has 2 atom stereocenters. The van der Waals surface area contributed by atoms with E-state index in [2.05, 4.69) is 16.3 Å². The molecule has 0 saturated heterocycles. The fraction of sp³-hybridized carbons (Fsp3) is 0.600. The highest BCUT2D eigenvalue weighted by Crippen LogP contribution is 2.36. The van der Waals surface area contributed by atoms with Crippen LogP contribution in [0.3, 0.4) is 0 Å². The fourth-order valence-corrected chi connectivity index (χ4v) is 4.52. The van der Waals surface area contributed by atoms with Gasteiger partial charge in [-0.05, 0) is 55.7 Å². The number of halogens is 4. The molecule has 1 N–H and O–H groups in total. The van der Waals surface area contributed by atoms with Crippen molar-refractivity contribution < 1.29 is 22.4 Å². The molecule has 3 rings (SSSR count). The number of hydrogen-bond donors (Lipinski definition) is 1. The molecule has 1 heterocycles. The second-order valence-corrected chi connectivity index (χ2v) is 8.90. The van der Waals surface area contributed by atoms with Crippen LogP contribution in [0.1, 0.15) is 57.8 Å². The SMILES string of the molecule is N#CCCCC(=O)NC1CC=C(CCN2CC=C(C3=CC(C(F)(F)F)=CCC3F)CC2)CC1. The molecule has 4 nitrogen and oxygen atoms in total. The number of amides is 1. The molecular formula is C25H31F4N3O. The molecule has 0 radical (unpaired) electrons. The molecule has 0 aromatic rings. The van der Waals surface area contributed by atoms with Gasteiger partial charge in [-0.2, -0.15) is 18.4 Å². The fourth-order valence-electron chi connectivity index (χ4n) is 4.52. The van der Waals surface area contributed by atoms with E-state index in [1.807, 2.05) is 12.1 Å². The van der Waals surface area contributed by atoms with Crippen molar-refractivity contribution in [3.63, 3.8) is 0 Å². The number of alkyl halides is 4. The monoisotopic (exact) mass is 465 g/mol. The molecule has 180 valence electrons.